The van der Waals surface area contributed by atoms with Crippen LogP contribution in [-0.2, 0) is 14.8 Å². The maximum atomic E-state index is 12.7. The van der Waals surface area contributed by atoms with Gasteiger partial charge >= 0.3 is 0 Å². The molecule has 1 saturated carbocycles. The van der Waals surface area contributed by atoms with Crippen molar-refractivity contribution in [2.45, 2.75) is 37.0 Å². The summed E-state index contributed by atoms with van der Waals surface area (Å²) in [4.78, 5) is 12.2. The Balaban J connectivity index is 1.78. The average molecular weight is 404 g/mol. The summed E-state index contributed by atoms with van der Waals surface area (Å²) in [6, 6.07) is 10.4. The number of nitrogens with one attached hydrogen (secondary N) is 2. The van der Waals surface area contributed by atoms with E-state index in [4.69, 9.17) is 4.74 Å². The Kier molecular flexibility index (Phi) is 6.08. The van der Waals surface area contributed by atoms with Gasteiger partial charge in [0.1, 0.15) is 11.5 Å². The monoisotopic (exact) mass is 404 g/mol. The number of carbonyl (C=O) groups is 1. The molecule has 0 radical (unpaired) electrons. The number of aromatic hydroxyl groups is 1. The predicted molar refractivity (Wildman–Crippen MR) is 107 cm³/mol. The highest BCUT2D eigenvalue weighted by Gasteiger charge is 2.21. The molecule has 28 heavy (non-hydrogen) atoms. The van der Waals surface area contributed by atoms with Crippen LogP contribution in [0.3, 0.4) is 0 Å². The number of benzene rings is 2. The van der Waals surface area contributed by atoms with Crippen LogP contribution < -0.4 is 14.8 Å². The van der Waals surface area contributed by atoms with Gasteiger partial charge in [0, 0.05) is 6.42 Å². The first-order chi connectivity index (χ1) is 13.4. The number of anilines is 2. The Morgan fingerprint density at radius 3 is 2.57 bits per heavy atom. The largest absolute Gasteiger partial charge is 0.506 e. The van der Waals surface area contributed by atoms with Crippen molar-refractivity contribution in [1.29, 1.82) is 0 Å². The number of hydrogen-bond donors (Lipinski definition) is 3. The quantitative estimate of drug-likeness (QED) is 0.610. The molecule has 0 heterocycles. The van der Waals surface area contributed by atoms with Crippen molar-refractivity contribution in [2.24, 2.45) is 5.92 Å². The first kappa shape index (κ1) is 20.0. The third kappa shape index (κ3) is 4.75. The van der Waals surface area contributed by atoms with Gasteiger partial charge in [0.05, 0.1) is 23.4 Å². The highest BCUT2D eigenvalue weighted by Crippen LogP contribution is 2.31. The van der Waals surface area contributed by atoms with Crippen molar-refractivity contribution >= 4 is 27.3 Å². The van der Waals surface area contributed by atoms with E-state index in [2.05, 4.69) is 10.0 Å². The van der Waals surface area contributed by atoms with Gasteiger partial charge in [0.25, 0.3) is 10.0 Å². The first-order valence-corrected chi connectivity index (χ1v) is 10.7. The fourth-order valence-electron chi connectivity index (χ4n) is 3.39. The predicted octanol–water partition coefficient (Wildman–Crippen LogP) is 3.72. The standard InChI is InChI=1S/C20H24N2O5S/c1-27-19-9-5-4-8-16(19)22-28(25,26)15-10-11-18(23)17(13-15)21-20(24)12-14-6-2-3-7-14/h4-5,8-11,13-14,22-23H,2-3,6-7,12H2,1H3,(H,21,24). The second kappa shape index (κ2) is 8.52. The third-order valence-electron chi connectivity index (χ3n) is 4.85. The van der Waals surface area contributed by atoms with Gasteiger partial charge in [-0.3, -0.25) is 9.52 Å². The van der Waals surface area contributed by atoms with Crippen molar-refractivity contribution in [1.82, 2.24) is 0 Å². The molecule has 1 aliphatic carbocycles. The van der Waals surface area contributed by atoms with Gasteiger partial charge in [-0.15, -0.1) is 0 Å². The number of rotatable bonds is 7. The summed E-state index contributed by atoms with van der Waals surface area (Å²) in [6.07, 6.45) is 4.68. The molecule has 1 fully saturated rings. The van der Waals surface area contributed by atoms with E-state index in [1.54, 1.807) is 24.3 Å². The molecule has 0 atom stereocenters. The summed E-state index contributed by atoms with van der Waals surface area (Å²) >= 11 is 0. The van der Waals surface area contributed by atoms with Crippen LogP contribution in [0, 0.1) is 5.92 Å². The van der Waals surface area contributed by atoms with Gasteiger partial charge in [-0.25, -0.2) is 8.42 Å². The number of amides is 1. The topological polar surface area (TPSA) is 105 Å². The van der Waals surface area contributed by atoms with E-state index >= 15 is 0 Å². The highest BCUT2D eigenvalue weighted by atomic mass is 32.2. The molecular weight excluding hydrogens is 380 g/mol. The lowest BCUT2D eigenvalue weighted by atomic mass is 10.0. The normalized spacial score (nSPS) is 14.6. The van der Waals surface area contributed by atoms with Crippen molar-refractivity contribution < 1.29 is 23.1 Å². The van der Waals surface area contributed by atoms with Crippen LogP contribution in [0.15, 0.2) is 47.4 Å². The molecule has 1 aliphatic rings. The molecular formula is C20H24N2O5S. The first-order valence-electron chi connectivity index (χ1n) is 9.18. The van der Waals surface area contributed by atoms with Crippen molar-refractivity contribution in [3.63, 3.8) is 0 Å². The lowest BCUT2D eigenvalue weighted by Gasteiger charge is -2.14. The van der Waals surface area contributed by atoms with E-state index in [0.717, 1.165) is 25.7 Å². The van der Waals surface area contributed by atoms with Crippen LogP contribution in [0.5, 0.6) is 11.5 Å². The van der Waals surface area contributed by atoms with E-state index < -0.39 is 10.0 Å². The number of carbonyl (C=O) groups excluding carboxylic acids is 1. The van der Waals surface area contributed by atoms with E-state index in [1.807, 2.05) is 0 Å². The molecule has 0 aliphatic heterocycles. The second-order valence-electron chi connectivity index (χ2n) is 6.89. The molecule has 2 aromatic rings. The highest BCUT2D eigenvalue weighted by molar-refractivity contribution is 7.92. The number of sulfonamides is 1. The number of methoxy groups -OCH3 is 1. The molecule has 0 bridgehead atoms. The molecule has 0 spiro atoms. The fraction of sp³-hybridized carbons (Fsp3) is 0.350. The van der Waals surface area contributed by atoms with Gasteiger partial charge in [0.15, 0.2) is 0 Å². The Morgan fingerprint density at radius 2 is 1.86 bits per heavy atom. The van der Waals surface area contributed by atoms with Gasteiger partial charge in [0.2, 0.25) is 5.91 Å². The van der Waals surface area contributed by atoms with E-state index in [-0.39, 0.29) is 22.2 Å². The van der Waals surface area contributed by atoms with Gasteiger partial charge in [-0.2, -0.15) is 0 Å². The summed E-state index contributed by atoms with van der Waals surface area (Å²) in [5.74, 6) is 0.321. The Bertz CT molecular complexity index is 953. The smallest absolute Gasteiger partial charge is 0.262 e. The molecule has 7 nitrogen and oxygen atoms in total. The van der Waals surface area contributed by atoms with Crippen LogP contribution in [-0.4, -0.2) is 26.5 Å². The zero-order valence-electron chi connectivity index (χ0n) is 15.6. The molecule has 3 rings (SSSR count). The summed E-state index contributed by atoms with van der Waals surface area (Å²) < 4.78 is 33.1. The van der Waals surface area contributed by atoms with Crippen LogP contribution in [0.25, 0.3) is 0 Å². The number of hydrogen-bond acceptors (Lipinski definition) is 5. The summed E-state index contributed by atoms with van der Waals surface area (Å²) in [5, 5.41) is 12.7. The zero-order valence-corrected chi connectivity index (χ0v) is 16.5. The van der Waals surface area contributed by atoms with Crippen molar-refractivity contribution in [2.75, 3.05) is 17.1 Å². The minimum absolute atomic E-state index is 0.0749. The zero-order chi connectivity index (χ0) is 20.1. The molecule has 2 aromatic carbocycles. The molecule has 150 valence electrons. The summed E-state index contributed by atoms with van der Waals surface area (Å²) in [6.45, 7) is 0. The fourth-order valence-corrected chi connectivity index (χ4v) is 4.49. The summed E-state index contributed by atoms with van der Waals surface area (Å²) in [5.41, 5.74) is 0.371. The number of phenolic OH excluding ortho intramolecular Hbond substituents is 1. The lowest BCUT2D eigenvalue weighted by molar-refractivity contribution is -0.117. The van der Waals surface area contributed by atoms with Crippen LogP contribution >= 0.6 is 0 Å². The number of phenols is 1. The maximum absolute atomic E-state index is 12.7. The van der Waals surface area contributed by atoms with Crippen LogP contribution in [0.2, 0.25) is 0 Å². The Hall–Kier alpha value is -2.74. The molecule has 0 unspecified atom stereocenters. The number of para-hydroxylation sites is 2. The van der Waals surface area contributed by atoms with Crippen LogP contribution in [0.1, 0.15) is 32.1 Å². The Labute approximate surface area is 164 Å². The average Bonchev–Trinajstić information content (AvgIpc) is 3.16. The van der Waals surface area contributed by atoms with E-state index in [9.17, 15) is 18.3 Å². The molecule has 1 amide bonds. The molecule has 8 heteroatoms. The van der Waals surface area contributed by atoms with Crippen molar-refractivity contribution in [3.8, 4) is 11.5 Å². The molecule has 0 saturated heterocycles. The van der Waals surface area contributed by atoms with E-state index in [1.165, 1.54) is 25.3 Å². The van der Waals surface area contributed by atoms with Crippen molar-refractivity contribution in [3.05, 3.63) is 42.5 Å². The maximum Gasteiger partial charge on any atom is 0.262 e. The van der Waals surface area contributed by atoms with Gasteiger partial charge in [-0.1, -0.05) is 25.0 Å². The van der Waals surface area contributed by atoms with Crippen LogP contribution in [0.4, 0.5) is 11.4 Å². The van der Waals surface area contributed by atoms with Gasteiger partial charge < -0.3 is 15.2 Å². The molecule has 0 aromatic heterocycles. The lowest BCUT2D eigenvalue weighted by Crippen LogP contribution is -2.17. The summed E-state index contributed by atoms with van der Waals surface area (Å²) in [7, 11) is -2.49. The third-order valence-corrected chi connectivity index (χ3v) is 6.22. The SMILES string of the molecule is COc1ccccc1NS(=O)(=O)c1ccc(O)c(NC(=O)CC2CCCC2)c1. The number of ether oxygens (including phenoxy) is 1. The second-order valence-corrected chi connectivity index (χ2v) is 8.57. The molecule has 3 N–H and O–H groups in total. The van der Waals surface area contributed by atoms with Gasteiger partial charge in [-0.05, 0) is 49.1 Å². The Morgan fingerprint density at radius 1 is 1.14 bits per heavy atom. The van der Waals surface area contributed by atoms with E-state index in [0.29, 0.717) is 23.8 Å². The minimum atomic E-state index is -3.94. The minimum Gasteiger partial charge on any atom is -0.506 e.